The molecule has 0 bridgehead atoms. The third-order valence-corrected chi connectivity index (χ3v) is 7.54. The first-order valence-corrected chi connectivity index (χ1v) is 11.9. The maximum absolute atomic E-state index is 13.7. The lowest BCUT2D eigenvalue weighted by Gasteiger charge is -2.20. The molecule has 2 fully saturated rings. The summed E-state index contributed by atoms with van der Waals surface area (Å²) >= 11 is 0. The van der Waals surface area contributed by atoms with Gasteiger partial charge in [-0.25, -0.2) is 4.39 Å². The molecule has 8 heteroatoms. The van der Waals surface area contributed by atoms with Gasteiger partial charge >= 0.3 is 0 Å². The Morgan fingerprint density at radius 2 is 1.91 bits per heavy atom. The molecule has 0 spiro atoms. The van der Waals surface area contributed by atoms with Crippen LogP contribution in [0.15, 0.2) is 61.1 Å². The summed E-state index contributed by atoms with van der Waals surface area (Å²) in [6.07, 6.45) is 5.27. The Hall–Kier alpha value is -3.81. The Morgan fingerprint density at radius 3 is 2.63 bits per heavy atom. The topological polar surface area (TPSA) is 81.9 Å². The van der Waals surface area contributed by atoms with Crippen LogP contribution in [0.2, 0.25) is 0 Å². The van der Waals surface area contributed by atoms with E-state index in [0.717, 1.165) is 35.4 Å². The Morgan fingerprint density at radius 1 is 1.14 bits per heavy atom. The predicted octanol–water partition coefficient (Wildman–Crippen LogP) is 4.85. The molecule has 2 aliphatic rings. The molecule has 4 aromatic rings. The van der Waals surface area contributed by atoms with E-state index in [-0.39, 0.29) is 23.7 Å². The monoisotopic (exact) mass is 471 g/mol. The average Bonchev–Trinajstić information content (AvgIpc) is 3.15. The number of hydrogen-bond donors (Lipinski definition) is 1. The number of aromatic nitrogens is 4. The van der Waals surface area contributed by atoms with Gasteiger partial charge in [0.2, 0.25) is 5.91 Å². The number of halogens is 1. The highest BCUT2D eigenvalue weighted by atomic mass is 19.1. The Bertz CT molecular complexity index is 1390. The molecule has 35 heavy (non-hydrogen) atoms. The van der Waals surface area contributed by atoms with Crippen molar-refractivity contribution in [1.29, 1.82) is 0 Å². The number of ether oxygens (including phenoxy) is 1. The molecule has 2 heterocycles. The van der Waals surface area contributed by atoms with Crippen LogP contribution in [-0.2, 0) is 11.8 Å². The van der Waals surface area contributed by atoms with Gasteiger partial charge in [-0.15, -0.1) is 10.2 Å². The van der Waals surface area contributed by atoms with Gasteiger partial charge in [-0.3, -0.25) is 9.78 Å². The third kappa shape index (κ3) is 4.03. The van der Waals surface area contributed by atoms with Crippen LogP contribution in [0.25, 0.3) is 22.3 Å². The minimum atomic E-state index is -0.298. The van der Waals surface area contributed by atoms with Crippen LogP contribution in [0.3, 0.4) is 0 Å². The minimum absolute atomic E-state index is 0.0453. The van der Waals surface area contributed by atoms with E-state index in [1.165, 1.54) is 12.1 Å². The molecule has 2 saturated carbocycles. The fraction of sp³-hybridized carbons (Fsp3) is 0.333. The minimum Gasteiger partial charge on any atom is -0.490 e. The van der Waals surface area contributed by atoms with Crippen molar-refractivity contribution in [2.45, 2.75) is 25.9 Å². The first kappa shape index (κ1) is 21.7. The fourth-order valence-electron chi connectivity index (χ4n) is 5.73. The first-order valence-electron chi connectivity index (χ1n) is 11.9. The van der Waals surface area contributed by atoms with Crippen LogP contribution >= 0.6 is 0 Å². The van der Waals surface area contributed by atoms with Crippen LogP contribution in [0, 0.1) is 29.5 Å². The molecule has 178 valence electrons. The molecule has 0 radical (unpaired) electrons. The van der Waals surface area contributed by atoms with Crippen molar-refractivity contribution >= 4 is 22.5 Å². The lowest BCUT2D eigenvalue weighted by molar-refractivity contribution is -0.120. The molecule has 1 N–H and O–H groups in total. The van der Waals surface area contributed by atoms with Crippen LogP contribution in [0.4, 0.5) is 10.1 Å². The van der Waals surface area contributed by atoms with Gasteiger partial charge in [0, 0.05) is 35.8 Å². The summed E-state index contributed by atoms with van der Waals surface area (Å²) in [7, 11) is 1.90. The normalized spacial score (nSPS) is 23.6. The lowest BCUT2D eigenvalue weighted by atomic mass is 9.97. The zero-order valence-corrected chi connectivity index (χ0v) is 19.6. The molecular formula is C27H26FN5O2. The highest BCUT2D eigenvalue weighted by Crippen LogP contribution is 2.61. The van der Waals surface area contributed by atoms with Crippen molar-refractivity contribution in [3.63, 3.8) is 0 Å². The second-order valence-corrected chi connectivity index (χ2v) is 9.71. The predicted molar refractivity (Wildman–Crippen MR) is 130 cm³/mol. The van der Waals surface area contributed by atoms with Gasteiger partial charge in [-0.1, -0.05) is 6.92 Å². The summed E-state index contributed by atoms with van der Waals surface area (Å²) in [4.78, 5) is 17.2. The molecule has 6 rings (SSSR count). The van der Waals surface area contributed by atoms with Gasteiger partial charge in [0.25, 0.3) is 0 Å². The van der Waals surface area contributed by atoms with Gasteiger partial charge < -0.3 is 14.6 Å². The largest absolute Gasteiger partial charge is 0.490 e. The van der Waals surface area contributed by atoms with E-state index in [1.54, 1.807) is 24.7 Å². The van der Waals surface area contributed by atoms with Crippen molar-refractivity contribution < 1.29 is 13.9 Å². The molecule has 3 unspecified atom stereocenters. The fourth-order valence-corrected chi connectivity index (χ4v) is 5.73. The smallest absolute Gasteiger partial charge is 0.227 e. The maximum atomic E-state index is 13.7. The van der Waals surface area contributed by atoms with Crippen molar-refractivity contribution in [2.24, 2.45) is 30.7 Å². The Labute approximate surface area is 202 Å². The van der Waals surface area contributed by atoms with Gasteiger partial charge in [-0.05, 0) is 79.1 Å². The molecule has 7 nitrogen and oxygen atoms in total. The SMILES string of the molecule is CC(C(=O)Nc1ccc(-c2nncn2C)cc1)C1[C@H]2CC(Oc3ccnc4ccc(F)cc34)C[C@@H]12. The van der Waals surface area contributed by atoms with E-state index in [1.807, 2.05) is 42.8 Å². The number of nitrogens with zero attached hydrogens (tertiary/aromatic N) is 4. The van der Waals surface area contributed by atoms with Crippen LogP contribution in [-0.4, -0.2) is 31.8 Å². The van der Waals surface area contributed by atoms with E-state index < -0.39 is 0 Å². The number of carbonyl (C=O) groups excluding carboxylic acids is 1. The number of hydrogen-bond acceptors (Lipinski definition) is 5. The summed E-state index contributed by atoms with van der Waals surface area (Å²) in [5, 5.41) is 11.8. The highest BCUT2D eigenvalue weighted by Gasteiger charge is 2.59. The van der Waals surface area contributed by atoms with Crippen molar-refractivity contribution in [2.75, 3.05) is 5.32 Å². The maximum Gasteiger partial charge on any atom is 0.227 e. The van der Waals surface area contributed by atoms with Crippen molar-refractivity contribution in [3.8, 4) is 17.1 Å². The summed E-state index contributed by atoms with van der Waals surface area (Å²) in [6.45, 7) is 2.02. The van der Waals surface area contributed by atoms with E-state index in [0.29, 0.717) is 28.9 Å². The summed E-state index contributed by atoms with van der Waals surface area (Å²) in [6, 6.07) is 14.0. The van der Waals surface area contributed by atoms with Crippen molar-refractivity contribution in [3.05, 3.63) is 66.9 Å². The van der Waals surface area contributed by atoms with E-state index in [2.05, 4.69) is 20.5 Å². The number of benzene rings is 2. The second kappa shape index (κ2) is 8.45. The number of anilines is 1. The van der Waals surface area contributed by atoms with E-state index in [9.17, 15) is 9.18 Å². The number of pyridine rings is 1. The molecule has 2 aromatic heterocycles. The number of amides is 1. The summed E-state index contributed by atoms with van der Waals surface area (Å²) in [5.41, 5.74) is 2.44. The first-order chi connectivity index (χ1) is 17.0. The molecule has 2 aromatic carbocycles. The molecule has 0 saturated heterocycles. The van der Waals surface area contributed by atoms with Gasteiger partial charge in [0.05, 0.1) is 11.6 Å². The van der Waals surface area contributed by atoms with E-state index >= 15 is 0 Å². The molecule has 0 aliphatic heterocycles. The van der Waals surface area contributed by atoms with E-state index in [4.69, 9.17) is 4.74 Å². The zero-order chi connectivity index (χ0) is 24.1. The standard InChI is InChI=1S/C27H26FN5O2/c1-15(27(34)31-18-6-3-16(4-7-18)26-32-30-14-33(26)2)25-20-12-19(13-21(20)25)35-24-9-10-29-23-8-5-17(28)11-22(23)24/h3-11,14-15,19-21,25H,12-13H2,1-2H3,(H,31,34)/t15?,19?,20-,21+,25?. The lowest BCUT2D eigenvalue weighted by Crippen LogP contribution is -2.25. The van der Waals surface area contributed by atoms with Gasteiger partial charge in [-0.2, -0.15) is 0 Å². The quantitative estimate of drug-likeness (QED) is 0.435. The van der Waals surface area contributed by atoms with Gasteiger partial charge in [0.15, 0.2) is 5.82 Å². The van der Waals surface area contributed by atoms with Crippen LogP contribution in [0.1, 0.15) is 19.8 Å². The number of carbonyl (C=O) groups is 1. The highest BCUT2D eigenvalue weighted by molar-refractivity contribution is 5.93. The van der Waals surface area contributed by atoms with Crippen LogP contribution in [0.5, 0.6) is 5.75 Å². The van der Waals surface area contributed by atoms with Crippen LogP contribution < -0.4 is 10.1 Å². The number of fused-ring (bicyclic) bond motifs is 2. The molecule has 2 aliphatic carbocycles. The number of aryl methyl sites for hydroxylation is 1. The summed E-state index contributed by atoms with van der Waals surface area (Å²) in [5.74, 6) is 2.49. The Kier molecular flexibility index (Phi) is 5.24. The van der Waals surface area contributed by atoms with Gasteiger partial charge in [0.1, 0.15) is 17.9 Å². The van der Waals surface area contributed by atoms with Crippen molar-refractivity contribution in [1.82, 2.24) is 19.7 Å². The third-order valence-electron chi connectivity index (χ3n) is 7.54. The molecule has 1 amide bonds. The average molecular weight is 472 g/mol. The molecular weight excluding hydrogens is 445 g/mol. The molecule has 5 atom stereocenters. The Balaban J connectivity index is 1.05. The summed E-state index contributed by atoms with van der Waals surface area (Å²) < 4.78 is 21.9. The number of rotatable bonds is 6. The number of nitrogens with one attached hydrogen (secondary N) is 1. The zero-order valence-electron chi connectivity index (χ0n) is 19.6. The second-order valence-electron chi connectivity index (χ2n) is 9.71.